The maximum atomic E-state index is 11.9. The third kappa shape index (κ3) is 4.39. The monoisotopic (exact) mass is 277 g/mol. The number of carbonyl (C=O) groups is 1. The molecule has 20 heavy (non-hydrogen) atoms. The van der Waals surface area contributed by atoms with Crippen molar-refractivity contribution >= 4 is 6.09 Å². The average Bonchev–Trinajstić information content (AvgIpc) is 2.78. The van der Waals surface area contributed by atoms with Crippen LogP contribution in [0.4, 0.5) is 4.79 Å². The van der Waals surface area contributed by atoms with E-state index < -0.39 is 0 Å². The first-order chi connectivity index (χ1) is 9.69. The Morgan fingerprint density at radius 1 is 1.35 bits per heavy atom. The molecule has 0 aromatic heterocycles. The van der Waals surface area contributed by atoms with Gasteiger partial charge in [0.25, 0.3) is 0 Å². The van der Waals surface area contributed by atoms with Crippen molar-refractivity contribution in [3.05, 3.63) is 23.8 Å². The summed E-state index contributed by atoms with van der Waals surface area (Å²) < 4.78 is 5.45. The lowest BCUT2D eigenvalue weighted by Crippen LogP contribution is -2.27. The van der Waals surface area contributed by atoms with Crippen LogP contribution in [0, 0.1) is 5.92 Å². The van der Waals surface area contributed by atoms with Gasteiger partial charge in [-0.3, -0.25) is 0 Å². The summed E-state index contributed by atoms with van der Waals surface area (Å²) in [5.41, 5.74) is 1.24. The van der Waals surface area contributed by atoms with Crippen molar-refractivity contribution in [1.29, 1.82) is 0 Å². The van der Waals surface area contributed by atoms with Crippen LogP contribution < -0.4 is 0 Å². The van der Waals surface area contributed by atoms with E-state index in [-0.39, 0.29) is 12.2 Å². The van der Waals surface area contributed by atoms with E-state index in [9.17, 15) is 4.79 Å². The van der Waals surface area contributed by atoms with Crippen LogP contribution >= 0.6 is 0 Å². The van der Waals surface area contributed by atoms with Crippen molar-refractivity contribution in [2.75, 3.05) is 13.1 Å². The maximum absolute atomic E-state index is 11.9. The molecule has 0 bridgehead atoms. The van der Waals surface area contributed by atoms with E-state index in [2.05, 4.69) is 32.1 Å². The molecule has 1 aliphatic heterocycles. The molecule has 2 rings (SSSR count). The molecule has 0 aromatic carbocycles. The van der Waals surface area contributed by atoms with Crippen molar-refractivity contribution in [2.45, 2.75) is 58.5 Å². The van der Waals surface area contributed by atoms with Crippen molar-refractivity contribution < 1.29 is 9.53 Å². The SMILES string of the molecule is CCCCCCC1CN(CC2=CCC(C)C=C2)C(=O)O1. The molecule has 1 heterocycles. The van der Waals surface area contributed by atoms with Gasteiger partial charge in [-0.1, -0.05) is 51.3 Å². The molecule has 2 atom stereocenters. The number of hydrogen-bond donors (Lipinski definition) is 0. The topological polar surface area (TPSA) is 29.5 Å². The lowest BCUT2D eigenvalue weighted by Gasteiger charge is -2.17. The van der Waals surface area contributed by atoms with Gasteiger partial charge >= 0.3 is 6.09 Å². The largest absolute Gasteiger partial charge is 0.444 e. The Kier molecular flexibility index (Phi) is 5.69. The third-order valence-corrected chi connectivity index (χ3v) is 4.09. The van der Waals surface area contributed by atoms with Crippen LogP contribution in [-0.4, -0.2) is 30.2 Å². The summed E-state index contributed by atoms with van der Waals surface area (Å²) in [6.07, 6.45) is 13.6. The summed E-state index contributed by atoms with van der Waals surface area (Å²) in [5.74, 6) is 0.621. The zero-order valence-corrected chi connectivity index (χ0v) is 12.8. The first kappa shape index (κ1) is 15.1. The minimum atomic E-state index is -0.140. The van der Waals surface area contributed by atoms with E-state index in [0.29, 0.717) is 12.5 Å². The first-order valence-corrected chi connectivity index (χ1v) is 8.02. The fourth-order valence-corrected chi connectivity index (χ4v) is 2.76. The normalized spacial score (nSPS) is 25.8. The molecular weight excluding hydrogens is 250 g/mol. The number of carbonyl (C=O) groups excluding carboxylic acids is 1. The van der Waals surface area contributed by atoms with E-state index >= 15 is 0 Å². The molecular formula is C17H27NO2. The Labute approximate surface area is 122 Å². The highest BCUT2D eigenvalue weighted by molar-refractivity contribution is 5.70. The van der Waals surface area contributed by atoms with Gasteiger partial charge in [0.1, 0.15) is 6.10 Å². The smallest absolute Gasteiger partial charge is 0.410 e. The molecule has 112 valence electrons. The molecule has 2 unspecified atom stereocenters. The number of cyclic esters (lactones) is 1. The molecule has 1 aliphatic carbocycles. The first-order valence-electron chi connectivity index (χ1n) is 8.02. The molecule has 0 spiro atoms. The van der Waals surface area contributed by atoms with Gasteiger partial charge < -0.3 is 9.64 Å². The van der Waals surface area contributed by atoms with Gasteiger partial charge in [0, 0.05) is 6.54 Å². The third-order valence-electron chi connectivity index (χ3n) is 4.09. The van der Waals surface area contributed by atoms with E-state index in [1.165, 1.54) is 31.3 Å². The highest BCUT2D eigenvalue weighted by Crippen LogP contribution is 2.21. The Balaban J connectivity index is 1.74. The van der Waals surface area contributed by atoms with Crippen molar-refractivity contribution in [2.24, 2.45) is 5.92 Å². The van der Waals surface area contributed by atoms with E-state index in [0.717, 1.165) is 19.4 Å². The van der Waals surface area contributed by atoms with Crippen molar-refractivity contribution in [3.63, 3.8) is 0 Å². The van der Waals surface area contributed by atoms with Crippen LogP contribution in [0.2, 0.25) is 0 Å². The molecule has 2 aliphatic rings. The van der Waals surface area contributed by atoms with Gasteiger partial charge in [-0.25, -0.2) is 4.79 Å². The zero-order chi connectivity index (χ0) is 14.4. The number of rotatable bonds is 7. The quantitative estimate of drug-likeness (QED) is 0.649. The van der Waals surface area contributed by atoms with Crippen LogP contribution in [0.15, 0.2) is 23.8 Å². The molecule has 3 nitrogen and oxygen atoms in total. The van der Waals surface area contributed by atoms with Crippen LogP contribution in [0.1, 0.15) is 52.4 Å². The van der Waals surface area contributed by atoms with Gasteiger partial charge in [-0.15, -0.1) is 0 Å². The predicted molar refractivity (Wildman–Crippen MR) is 81.6 cm³/mol. The molecule has 0 saturated carbocycles. The van der Waals surface area contributed by atoms with E-state index in [1.807, 2.05) is 4.90 Å². The van der Waals surface area contributed by atoms with Crippen LogP contribution in [-0.2, 0) is 4.74 Å². The zero-order valence-electron chi connectivity index (χ0n) is 12.8. The molecule has 1 saturated heterocycles. The Hall–Kier alpha value is -1.25. The second kappa shape index (κ2) is 7.51. The summed E-state index contributed by atoms with van der Waals surface area (Å²) in [4.78, 5) is 13.7. The second-order valence-corrected chi connectivity index (χ2v) is 6.09. The van der Waals surface area contributed by atoms with Crippen LogP contribution in [0.5, 0.6) is 0 Å². The summed E-state index contributed by atoms with van der Waals surface area (Å²) in [6, 6.07) is 0. The fourth-order valence-electron chi connectivity index (χ4n) is 2.76. The van der Waals surface area contributed by atoms with Gasteiger partial charge in [0.15, 0.2) is 0 Å². The fraction of sp³-hybridized carbons (Fsp3) is 0.706. The Morgan fingerprint density at radius 3 is 2.90 bits per heavy atom. The number of ether oxygens (including phenoxy) is 1. The summed E-state index contributed by atoms with van der Waals surface area (Å²) in [6.45, 7) is 5.88. The summed E-state index contributed by atoms with van der Waals surface area (Å²) in [7, 11) is 0. The molecule has 0 aromatic rings. The minimum Gasteiger partial charge on any atom is -0.444 e. The second-order valence-electron chi connectivity index (χ2n) is 6.09. The lowest BCUT2D eigenvalue weighted by atomic mass is 9.98. The molecule has 0 N–H and O–H groups in total. The Bertz CT molecular complexity index is 386. The van der Waals surface area contributed by atoms with Crippen molar-refractivity contribution in [3.8, 4) is 0 Å². The van der Waals surface area contributed by atoms with Gasteiger partial charge in [-0.05, 0) is 30.8 Å². The van der Waals surface area contributed by atoms with E-state index in [1.54, 1.807) is 0 Å². The predicted octanol–water partition coefficient (Wildman–Crippen LogP) is 4.30. The number of hydrogen-bond acceptors (Lipinski definition) is 2. The summed E-state index contributed by atoms with van der Waals surface area (Å²) >= 11 is 0. The highest BCUT2D eigenvalue weighted by Gasteiger charge is 2.30. The van der Waals surface area contributed by atoms with Gasteiger partial charge in [-0.2, -0.15) is 0 Å². The van der Waals surface area contributed by atoms with Crippen molar-refractivity contribution in [1.82, 2.24) is 4.90 Å². The molecule has 1 fully saturated rings. The molecule has 0 radical (unpaired) electrons. The van der Waals surface area contributed by atoms with Gasteiger partial charge in [0.2, 0.25) is 0 Å². The number of allylic oxidation sites excluding steroid dienone is 2. The maximum Gasteiger partial charge on any atom is 0.410 e. The highest BCUT2D eigenvalue weighted by atomic mass is 16.6. The van der Waals surface area contributed by atoms with E-state index in [4.69, 9.17) is 4.74 Å². The Morgan fingerprint density at radius 2 is 2.20 bits per heavy atom. The summed E-state index contributed by atoms with van der Waals surface area (Å²) in [5, 5.41) is 0. The number of nitrogens with zero attached hydrogens (tertiary/aromatic N) is 1. The standard InChI is InChI=1S/C17H27NO2/c1-3-4-5-6-7-16-13-18(17(19)20-16)12-15-10-8-14(2)9-11-15/h8,10-11,14,16H,3-7,9,12-13H2,1-2H3. The minimum absolute atomic E-state index is 0.103. The van der Waals surface area contributed by atoms with Gasteiger partial charge in [0.05, 0.1) is 6.54 Å². The van der Waals surface area contributed by atoms with Crippen LogP contribution in [0.3, 0.4) is 0 Å². The lowest BCUT2D eigenvalue weighted by molar-refractivity contribution is 0.128. The molecule has 3 heteroatoms. The van der Waals surface area contributed by atoms with Crippen LogP contribution in [0.25, 0.3) is 0 Å². The molecule has 1 amide bonds. The number of amides is 1. The number of unbranched alkanes of at least 4 members (excludes halogenated alkanes) is 3. The average molecular weight is 277 g/mol.